The molecule has 0 aromatic rings. The fraction of sp³-hybridized carbons (Fsp3) is 0.889. The summed E-state index contributed by atoms with van der Waals surface area (Å²) in [4.78, 5) is 10.8. The van der Waals surface area contributed by atoms with Gasteiger partial charge in [-0.2, -0.15) is 0 Å². The minimum atomic E-state index is -3.08. The second-order valence-corrected chi connectivity index (χ2v) is 4.15. The number of carboxylic acids is 1. The number of hydrogen-bond donors (Lipinski definition) is 7. The largest absolute Gasteiger partial charge is 0.477 e. The highest BCUT2D eigenvalue weighted by molar-refractivity contribution is 5.76. The van der Waals surface area contributed by atoms with Gasteiger partial charge in [-0.15, -0.1) is 0 Å². The van der Waals surface area contributed by atoms with Gasteiger partial charge in [0.1, 0.15) is 18.3 Å². The first-order valence-corrected chi connectivity index (χ1v) is 5.20. The van der Waals surface area contributed by atoms with Gasteiger partial charge in [0.2, 0.25) is 0 Å². The molecule has 18 heavy (non-hydrogen) atoms. The van der Waals surface area contributed by atoms with Crippen molar-refractivity contribution in [3.05, 3.63) is 0 Å². The summed E-state index contributed by atoms with van der Waals surface area (Å²) in [6.07, 6.45) is -8.96. The molecule has 106 valence electrons. The normalized spacial score (nSPS) is 40.2. The number of carbonyl (C=O) groups is 1. The molecule has 7 N–H and O–H groups in total. The van der Waals surface area contributed by atoms with Gasteiger partial charge >= 0.3 is 5.97 Å². The third-order valence-corrected chi connectivity index (χ3v) is 2.84. The quantitative estimate of drug-likeness (QED) is 0.268. The predicted octanol–water partition coefficient (Wildman–Crippen LogP) is -4.02. The van der Waals surface area contributed by atoms with Crippen molar-refractivity contribution in [1.82, 2.24) is 0 Å². The first kappa shape index (κ1) is 15.2. The summed E-state index contributed by atoms with van der Waals surface area (Å²) in [7, 11) is 0. The molecule has 1 aliphatic rings. The number of carboxylic acid groups (broad SMARTS) is 1. The topological polar surface area (TPSA) is 168 Å². The zero-order valence-corrected chi connectivity index (χ0v) is 9.25. The Labute approximate surface area is 101 Å². The monoisotopic (exact) mass is 268 g/mol. The fourth-order valence-corrected chi connectivity index (χ4v) is 1.72. The zero-order valence-electron chi connectivity index (χ0n) is 9.25. The maximum atomic E-state index is 10.8. The Morgan fingerprint density at radius 1 is 1.39 bits per heavy atom. The maximum Gasteiger partial charge on any atom is 0.367 e. The zero-order chi connectivity index (χ0) is 14.1. The molecule has 1 heterocycles. The number of hydrogen-bond acceptors (Lipinski definition) is 8. The molecule has 0 aromatic carbocycles. The van der Waals surface area contributed by atoms with Gasteiger partial charge in [0, 0.05) is 6.42 Å². The van der Waals surface area contributed by atoms with Gasteiger partial charge in [0.05, 0.1) is 18.8 Å². The van der Waals surface area contributed by atoms with Crippen LogP contribution in [0.15, 0.2) is 0 Å². The highest BCUT2D eigenvalue weighted by Gasteiger charge is 2.55. The average molecular weight is 268 g/mol. The van der Waals surface area contributed by atoms with Crippen LogP contribution < -0.4 is 0 Å². The van der Waals surface area contributed by atoms with Gasteiger partial charge in [-0.3, -0.25) is 0 Å². The van der Waals surface area contributed by atoms with Crippen molar-refractivity contribution in [1.29, 1.82) is 0 Å². The predicted molar refractivity (Wildman–Crippen MR) is 53.2 cm³/mol. The van der Waals surface area contributed by atoms with Crippen molar-refractivity contribution in [2.45, 2.75) is 42.7 Å². The van der Waals surface area contributed by atoms with E-state index in [1.165, 1.54) is 0 Å². The van der Waals surface area contributed by atoms with Crippen molar-refractivity contribution < 1.29 is 45.3 Å². The van der Waals surface area contributed by atoms with E-state index in [4.69, 9.17) is 10.2 Å². The second kappa shape index (κ2) is 5.45. The summed E-state index contributed by atoms with van der Waals surface area (Å²) in [5.74, 6) is -5.03. The molecule has 0 radical (unpaired) electrons. The lowest BCUT2D eigenvalue weighted by atomic mass is 9.91. The van der Waals surface area contributed by atoms with Crippen molar-refractivity contribution in [2.75, 3.05) is 6.61 Å². The fourth-order valence-electron chi connectivity index (χ4n) is 1.72. The molecule has 0 spiro atoms. The molecule has 0 aromatic heterocycles. The summed E-state index contributed by atoms with van der Waals surface area (Å²) in [6, 6.07) is 0. The van der Waals surface area contributed by atoms with Crippen LogP contribution in [0.2, 0.25) is 0 Å². The number of aliphatic hydroxyl groups is 6. The van der Waals surface area contributed by atoms with E-state index < -0.39 is 55.3 Å². The molecule has 1 fully saturated rings. The lowest BCUT2D eigenvalue weighted by Crippen LogP contribution is -2.64. The van der Waals surface area contributed by atoms with Gasteiger partial charge in [-0.25, -0.2) is 4.79 Å². The first-order chi connectivity index (χ1) is 8.24. The first-order valence-electron chi connectivity index (χ1n) is 5.20. The molecule has 0 bridgehead atoms. The van der Waals surface area contributed by atoms with Gasteiger partial charge in [0.25, 0.3) is 5.79 Å². The Kier molecular flexibility index (Phi) is 4.61. The Balaban J connectivity index is 2.90. The van der Waals surface area contributed by atoms with Gasteiger partial charge in [-0.05, 0) is 0 Å². The summed E-state index contributed by atoms with van der Waals surface area (Å²) in [5.41, 5.74) is 0. The van der Waals surface area contributed by atoms with Crippen LogP contribution >= 0.6 is 0 Å². The minimum absolute atomic E-state index is 0.408. The van der Waals surface area contributed by atoms with Crippen LogP contribution in [0.4, 0.5) is 0 Å². The molecule has 1 aliphatic heterocycles. The summed E-state index contributed by atoms with van der Waals surface area (Å²) in [5, 5.41) is 64.5. The molecule has 6 atom stereocenters. The third-order valence-electron chi connectivity index (χ3n) is 2.84. The highest BCUT2D eigenvalue weighted by atomic mass is 16.7. The van der Waals surface area contributed by atoms with E-state index >= 15 is 0 Å². The Morgan fingerprint density at radius 2 is 1.94 bits per heavy atom. The Bertz CT molecular complexity index is 308. The van der Waals surface area contributed by atoms with Gasteiger partial charge in [-0.1, -0.05) is 0 Å². The smallest absolute Gasteiger partial charge is 0.367 e. The lowest BCUT2D eigenvalue weighted by Gasteiger charge is -2.42. The van der Waals surface area contributed by atoms with Crippen molar-refractivity contribution in [3.8, 4) is 0 Å². The standard InChI is InChI=1S/C9H16O9/c10-2-4(12)6(13)5-1-3(11)7(14)9(17,18-5)8(15)16/h3-7,10-14,17H,1-2H2,(H,15,16)/t3-,4-,5+,6+,7+,9+/m0/s1. The van der Waals surface area contributed by atoms with E-state index in [1.807, 2.05) is 0 Å². The van der Waals surface area contributed by atoms with Crippen LogP contribution in [0.3, 0.4) is 0 Å². The molecule has 0 amide bonds. The van der Waals surface area contributed by atoms with E-state index in [2.05, 4.69) is 4.74 Å². The molecule has 1 rings (SSSR count). The number of aliphatic carboxylic acids is 1. The summed E-state index contributed by atoms with van der Waals surface area (Å²) in [6.45, 7) is -0.814. The van der Waals surface area contributed by atoms with E-state index in [1.54, 1.807) is 0 Å². The van der Waals surface area contributed by atoms with E-state index in [-0.39, 0.29) is 0 Å². The van der Waals surface area contributed by atoms with Crippen LogP contribution in [-0.4, -0.2) is 84.6 Å². The minimum Gasteiger partial charge on any atom is -0.477 e. The Morgan fingerprint density at radius 3 is 2.39 bits per heavy atom. The van der Waals surface area contributed by atoms with E-state index in [0.717, 1.165) is 0 Å². The lowest BCUT2D eigenvalue weighted by molar-refractivity contribution is -0.326. The molecule has 1 saturated heterocycles. The van der Waals surface area contributed by atoms with Crippen LogP contribution in [0.1, 0.15) is 6.42 Å². The number of aliphatic hydroxyl groups excluding tert-OH is 5. The average Bonchev–Trinajstić information content (AvgIpc) is 2.33. The molecule has 0 unspecified atom stereocenters. The molecular formula is C9H16O9. The highest BCUT2D eigenvalue weighted by Crippen LogP contribution is 2.30. The van der Waals surface area contributed by atoms with E-state index in [0.29, 0.717) is 0 Å². The van der Waals surface area contributed by atoms with Crippen molar-refractivity contribution in [2.24, 2.45) is 0 Å². The Hall–Kier alpha value is -0.810. The molecule has 0 saturated carbocycles. The van der Waals surface area contributed by atoms with E-state index in [9.17, 15) is 30.3 Å². The van der Waals surface area contributed by atoms with Crippen molar-refractivity contribution >= 4 is 5.97 Å². The molecular weight excluding hydrogens is 252 g/mol. The molecule has 9 heteroatoms. The van der Waals surface area contributed by atoms with Crippen LogP contribution in [-0.2, 0) is 9.53 Å². The van der Waals surface area contributed by atoms with Crippen molar-refractivity contribution in [3.63, 3.8) is 0 Å². The third kappa shape index (κ3) is 2.62. The molecule has 0 aliphatic carbocycles. The van der Waals surface area contributed by atoms with Crippen LogP contribution in [0.25, 0.3) is 0 Å². The summed E-state index contributed by atoms with van der Waals surface area (Å²) >= 11 is 0. The van der Waals surface area contributed by atoms with Gasteiger partial charge in [0.15, 0.2) is 0 Å². The van der Waals surface area contributed by atoms with Crippen LogP contribution in [0.5, 0.6) is 0 Å². The molecule has 9 nitrogen and oxygen atoms in total. The van der Waals surface area contributed by atoms with Crippen LogP contribution in [0, 0.1) is 0 Å². The number of rotatable bonds is 4. The SMILES string of the molecule is O=C(O)[C@]1(O)O[C@@H]([C@H](O)[C@@H](O)CO)C[C@H](O)[C@H]1O. The van der Waals surface area contributed by atoms with Gasteiger partial charge < -0.3 is 40.5 Å². The second-order valence-electron chi connectivity index (χ2n) is 4.15. The maximum absolute atomic E-state index is 10.8. The number of ether oxygens (including phenoxy) is 1. The summed E-state index contributed by atoms with van der Waals surface area (Å²) < 4.78 is 4.63.